The zero-order chi connectivity index (χ0) is 25.0. The molecule has 3 heterocycles. The molecule has 0 bridgehead atoms. The largest absolute Gasteiger partial charge is 0.340 e. The predicted octanol–water partition coefficient (Wildman–Crippen LogP) is 1.90. The summed E-state index contributed by atoms with van der Waals surface area (Å²) in [4.78, 5) is 56.2. The molecule has 3 aliphatic rings. The first-order valence-electron chi connectivity index (χ1n) is 11.3. The fraction of sp³-hybridized carbons (Fsp3) is 0.200. The molecule has 4 amide bonds. The second kappa shape index (κ2) is 7.95. The number of fused-ring (bicyclic) bond motifs is 2. The van der Waals surface area contributed by atoms with Gasteiger partial charge in [-0.15, -0.1) is 0 Å². The summed E-state index contributed by atoms with van der Waals surface area (Å²) in [6.45, 7) is 0.226. The molecule has 0 spiro atoms. The molecule has 0 saturated carbocycles. The number of imide groups is 1. The lowest BCUT2D eigenvalue weighted by atomic mass is 9.77. The maximum atomic E-state index is 13.1. The van der Waals surface area contributed by atoms with Gasteiger partial charge in [-0.05, 0) is 47.4 Å². The number of aromatic nitrogens is 2. The Morgan fingerprint density at radius 3 is 2.67 bits per heavy atom. The maximum Gasteiger partial charge on any atom is 0.322 e. The van der Waals surface area contributed by atoms with E-state index in [-0.39, 0.29) is 30.3 Å². The van der Waals surface area contributed by atoms with Gasteiger partial charge in [0.05, 0.1) is 17.4 Å². The van der Waals surface area contributed by atoms with Crippen LogP contribution < -0.4 is 21.1 Å². The highest BCUT2D eigenvalue weighted by Gasteiger charge is 2.53. The molecule has 182 valence electrons. The molecule has 0 radical (unpaired) electrons. The van der Waals surface area contributed by atoms with Crippen molar-refractivity contribution in [2.24, 2.45) is 5.92 Å². The fourth-order valence-electron chi connectivity index (χ4n) is 5.23. The minimum absolute atomic E-state index is 0.0315. The van der Waals surface area contributed by atoms with Crippen molar-refractivity contribution >= 4 is 34.3 Å². The number of urea groups is 1. The van der Waals surface area contributed by atoms with Crippen LogP contribution >= 0.6 is 0 Å². The summed E-state index contributed by atoms with van der Waals surface area (Å²) in [5.74, 6) is -1.10. The second-order valence-electron chi connectivity index (χ2n) is 9.15. The lowest BCUT2D eigenvalue weighted by Crippen LogP contribution is -2.59. The quantitative estimate of drug-likeness (QED) is 0.210. The Bertz CT molecular complexity index is 1570. The molecular weight excluding hydrogens is 466 g/mol. The number of nitrogens with one attached hydrogen (secondary N) is 4. The van der Waals surface area contributed by atoms with E-state index >= 15 is 0 Å². The highest BCUT2D eigenvalue weighted by molar-refractivity contribution is 6.08. The van der Waals surface area contributed by atoms with Crippen molar-refractivity contribution in [1.82, 2.24) is 25.7 Å². The Hall–Kier alpha value is -4.64. The first kappa shape index (κ1) is 21.9. The van der Waals surface area contributed by atoms with Crippen LogP contribution in [0.25, 0.3) is 16.5 Å². The number of nitrogens with zero attached hydrogens (tertiary/aromatic N) is 1. The van der Waals surface area contributed by atoms with Gasteiger partial charge in [0.25, 0.3) is 17.4 Å². The average molecular weight is 487 g/mol. The Labute approximate surface area is 203 Å². The van der Waals surface area contributed by atoms with E-state index in [4.69, 9.17) is 5.26 Å². The molecule has 1 unspecified atom stereocenters. The first-order valence-corrected chi connectivity index (χ1v) is 11.3. The van der Waals surface area contributed by atoms with Crippen molar-refractivity contribution in [3.05, 3.63) is 81.7 Å². The molecule has 5 N–H and O–H groups in total. The van der Waals surface area contributed by atoms with Crippen LogP contribution in [0.1, 0.15) is 27.9 Å². The third-order valence-corrected chi connectivity index (χ3v) is 7.12. The summed E-state index contributed by atoms with van der Waals surface area (Å²) < 4.78 is 0. The normalized spacial score (nSPS) is 23.0. The van der Waals surface area contributed by atoms with E-state index in [0.29, 0.717) is 22.9 Å². The molecule has 1 aliphatic carbocycles. The van der Waals surface area contributed by atoms with E-state index in [0.717, 1.165) is 16.7 Å². The van der Waals surface area contributed by atoms with Gasteiger partial charge in [-0.1, -0.05) is 30.4 Å². The summed E-state index contributed by atoms with van der Waals surface area (Å²) in [5, 5.41) is 20.0. The number of carbonyl (C=O) groups excluding carboxylic acids is 3. The summed E-state index contributed by atoms with van der Waals surface area (Å²) >= 11 is 0. The number of benzene rings is 2. The Kier molecular flexibility index (Phi) is 4.83. The molecule has 3 aromatic rings. The van der Waals surface area contributed by atoms with Gasteiger partial charge < -0.3 is 15.1 Å². The van der Waals surface area contributed by atoms with Crippen LogP contribution in [0.15, 0.2) is 59.4 Å². The zero-order valence-corrected chi connectivity index (χ0v) is 18.8. The van der Waals surface area contributed by atoms with Crippen molar-refractivity contribution < 1.29 is 24.5 Å². The summed E-state index contributed by atoms with van der Waals surface area (Å²) in [5.41, 5.74) is 1.99. The number of H-pyrrole nitrogens is 2. The van der Waals surface area contributed by atoms with E-state index in [1.54, 1.807) is 18.2 Å². The molecule has 2 aliphatic heterocycles. The molecule has 11 nitrogen and oxygen atoms in total. The number of hydrogen-bond donors (Lipinski definition) is 5. The van der Waals surface area contributed by atoms with E-state index in [9.17, 15) is 19.2 Å². The zero-order valence-electron chi connectivity index (χ0n) is 18.8. The Morgan fingerprint density at radius 1 is 1.08 bits per heavy atom. The standard InChI is InChI=1S/C25H21N5O6/c31-21-19-9-14(4-8-20(19)28-29-21)13-1-5-16(6-2-13)25(23(33)26-24(34)27-25)12-30-11-15-3-7-17(36-35)10-18(15)22(30)32/h1-5,7-10,16,35H,6,11-12H2,(H2,28,29,31)(H2,26,27,33,34)/t16?,25-/m0/s1. The third-order valence-electron chi connectivity index (χ3n) is 7.12. The number of allylic oxidation sites excluding steroid dienone is 3. The van der Waals surface area contributed by atoms with Gasteiger partial charge in [-0.25, -0.2) is 10.1 Å². The molecule has 1 aromatic heterocycles. The van der Waals surface area contributed by atoms with Crippen LogP contribution in [0, 0.1) is 5.92 Å². The lowest BCUT2D eigenvalue weighted by molar-refractivity contribution is -0.137. The Balaban J connectivity index is 1.28. The van der Waals surface area contributed by atoms with Crippen LogP contribution in [0.2, 0.25) is 0 Å². The van der Waals surface area contributed by atoms with Gasteiger partial charge in [0.1, 0.15) is 5.54 Å². The predicted molar refractivity (Wildman–Crippen MR) is 128 cm³/mol. The first-order chi connectivity index (χ1) is 17.4. The smallest absolute Gasteiger partial charge is 0.322 e. The van der Waals surface area contributed by atoms with Crippen molar-refractivity contribution in [3.8, 4) is 5.75 Å². The highest BCUT2D eigenvalue weighted by atomic mass is 17.1. The number of amides is 4. The van der Waals surface area contributed by atoms with Gasteiger partial charge in [0.2, 0.25) is 0 Å². The number of aromatic amines is 2. The molecule has 1 fully saturated rings. The van der Waals surface area contributed by atoms with Crippen LogP contribution in [-0.4, -0.2) is 50.3 Å². The van der Waals surface area contributed by atoms with E-state index in [2.05, 4.69) is 25.7 Å². The molecule has 2 atom stereocenters. The van der Waals surface area contributed by atoms with Crippen molar-refractivity contribution in [1.29, 1.82) is 0 Å². The SMILES string of the molecule is O=C1NC(=O)[C@](CN2Cc3ccc(OO)cc3C2=O)(C2C=CC(c3ccc4[nH][nH]c(=O)c4c3)=CC2)N1. The number of hydrogen-bond acceptors (Lipinski definition) is 6. The van der Waals surface area contributed by atoms with Gasteiger partial charge >= 0.3 is 6.03 Å². The Morgan fingerprint density at radius 2 is 1.94 bits per heavy atom. The van der Waals surface area contributed by atoms with Crippen LogP contribution in [-0.2, 0) is 11.3 Å². The van der Waals surface area contributed by atoms with Gasteiger partial charge in [-0.2, -0.15) is 0 Å². The van der Waals surface area contributed by atoms with Crippen LogP contribution in [0.4, 0.5) is 4.79 Å². The van der Waals surface area contributed by atoms with Gasteiger partial charge in [0.15, 0.2) is 5.75 Å². The van der Waals surface area contributed by atoms with Crippen LogP contribution in [0.5, 0.6) is 5.75 Å². The second-order valence-corrected chi connectivity index (χ2v) is 9.15. The van der Waals surface area contributed by atoms with E-state index in [1.165, 1.54) is 11.0 Å². The number of rotatable bonds is 5. The highest BCUT2D eigenvalue weighted by Crippen LogP contribution is 2.36. The van der Waals surface area contributed by atoms with Crippen molar-refractivity contribution in [2.75, 3.05) is 6.54 Å². The van der Waals surface area contributed by atoms with Crippen molar-refractivity contribution in [3.63, 3.8) is 0 Å². The van der Waals surface area contributed by atoms with Crippen LogP contribution in [0.3, 0.4) is 0 Å². The van der Waals surface area contributed by atoms with Gasteiger partial charge in [-0.3, -0.25) is 29.9 Å². The molecule has 11 heteroatoms. The minimum atomic E-state index is -1.36. The topological polar surface area (TPSA) is 157 Å². The average Bonchev–Trinajstić information content (AvgIpc) is 3.51. The molecule has 1 saturated heterocycles. The van der Waals surface area contributed by atoms with E-state index in [1.807, 2.05) is 30.4 Å². The molecular formula is C25H21N5O6. The minimum Gasteiger partial charge on any atom is -0.340 e. The van der Waals surface area contributed by atoms with Crippen molar-refractivity contribution in [2.45, 2.75) is 18.5 Å². The monoisotopic (exact) mass is 487 g/mol. The maximum absolute atomic E-state index is 13.1. The fourth-order valence-corrected chi connectivity index (χ4v) is 5.23. The van der Waals surface area contributed by atoms with E-state index < -0.39 is 23.4 Å². The molecule has 2 aromatic carbocycles. The summed E-state index contributed by atoms with van der Waals surface area (Å²) in [6, 6.07) is 9.57. The molecule has 36 heavy (non-hydrogen) atoms. The summed E-state index contributed by atoms with van der Waals surface area (Å²) in [6.07, 6.45) is 6.11. The lowest BCUT2D eigenvalue weighted by Gasteiger charge is -2.37. The molecule has 6 rings (SSSR count). The summed E-state index contributed by atoms with van der Waals surface area (Å²) in [7, 11) is 0. The number of carbonyl (C=O) groups is 3. The third kappa shape index (κ3) is 3.32. The van der Waals surface area contributed by atoms with Gasteiger partial charge in [0, 0.05) is 18.0 Å².